The molecule has 0 aromatic heterocycles. The van der Waals surface area contributed by atoms with Gasteiger partial charge in [0.05, 0.1) is 28.8 Å². The average molecular weight is 469 g/mol. The Morgan fingerprint density at radius 1 is 1.26 bits per heavy atom. The number of hydrogen-bond donors (Lipinski definition) is 0. The van der Waals surface area contributed by atoms with Gasteiger partial charge in [0, 0.05) is 5.02 Å². The highest BCUT2D eigenvalue weighted by Gasteiger charge is 2.36. The van der Waals surface area contributed by atoms with Crippen molar-refractivity contribution in [1.82, 2.24) is 0 Å². The fourth-order valence-electron chi connectivity index (χ4n) is 2.56. The molecule has 2 aromatic rings. The number of carbonyl (C=O) groups excluding carboxylic acids is 2. The Morgan fingerprint density at radius 3 is 2.70 bits per heavy atom. The lowest BCUT2D eigenvalue weighted by atomic mass is 10.1. The summed E-state index contributed by atoms with van der Waals surface area (Å²) in [5.41, 5.74) is 1.15. The zero-order chi connectivity index (χ0) is 19.6. The first-order valence-electron chi connectivity index (χ1n) is 7.98. The minimum absolute atomic E-state index is 0.318. The van der Waals surface area contributed by atoms with Crippen LogP contribution in [0.4, 0.5) is 10.5 Å². The van der Waals surface area contributed by atoms with Crippen LogP contribution in [0.25, 0.3) is 6.08 Å². The van der Waals surface area contributed by atoms with E-state index in [2.05, 4.69) is 15.9 Å². The van der Waals surface area contributed by atoms with Crippen molar-refractivity contribution >= 4 is 62.2 Å². The summed E-state index contributed by atoms with van der Waals surface area (Å²) in [5.74, 6) is 0.729. The van der Waals surface area contributed by atoms with Gasteiger partial charge in [-0.1, -0.05) is 17.7 Å². The van der Waals surface area contributed by atoms with Crippen molar-refractivity contribution < 1.29 is 19.1 Å². The molecule has 0 saturated carbocycles. The summed E-state index contributed by atoms with van der Waals surface area (Å²) in [5, 5.41) is 0.0844. The molecule has 2 aromatic carbocycles. The van der Waals surface area contributed by atoms with E-state index in [1.807, 2.05) is 6.92 Å². The Bertz CT molecular complexity index is 947. The van der Waals surface area contributed by atoms with Gasteiger partial charge >= 0.3 is 0 Å². The Kier molecular flexibility index (Phi) is 6.14. The van der Waals surface area contributed by atoms with Crippen molar-refractivity contribution in [1.29, 1.82) is 0 Å². The first-order chi connectivity index (χ1) is 12.9. The topological polar surface area (TPSA) is 55.8 Å². The second kappa shape index (κ2) is 8.37. The van der Waals surface area contributed by atoms with Gasteiger partial charge in [0.1, 0.15) is 0 Å². The number of rotatable bonds is 5. The van der Waals surface area contributed by atoms with E-state index in [0.29, 0.717) is 43.8 Å². The van der Waals surface area contributed by atoms with Crippen molar-refractivity contribution in [2.45, 2.75) is 6.92 Å². The van der Waals surface area contributed by atoms with Crippen molar-refractivity contribution in [3.8, 4) is 11.5 Å². The smallest absolute Gasteiger partial charge is 0.298 e. The van der Waals surface area contributed by atoms with Gasteiger partial charge in [0.15, 0.2) is 11.5 Å². The van der Waals surface area contributed by atoms with Crippen LogP contribution in [-0.4, -0.2) is 24.9 Å². The quantitative estimate of drug-likeness (QED) is 0.523. The molecule has 8 heteroatoms. The van der Waals surface area contributed by atoms with Gasteiger partial charge in [0.25, 0.3) is 11.1 Å². The summed E-state index contributed by atoms with van der Waals surface area (Å²) in [6.07, 6.45) is 1.65. The summed E-state index contributed by atoms with van der Waals surface area (Å²) >= 11 is 10.3. The lowest BCUT2D eigenvalue weighted by Gasteiger charge is -2.13. The molecule has 3 rings (SSSR count). The number of imide groups is 1. The van der Waals surface area contributed by atoms with Crippen LogP contribution in [0, 0.1) is 0 Å². The summed E-state index contributed by atoms with van der Waals surface area (Å²) < 4.78 is 11.6. The zero-order valence-corrected chi connectivity index (χ0v) is 17.7. The number of nitrogens with zero attached hydrogens (tertiary/aromatic N) is 1. The van der Waals surface area contributed by atoms with Gasteiger partial charge in [-0.05, 0) is 76.6 Å². The van der Waals surface area contributed by atoms with Crippen molar-refractivity contribution in [3.05, 3.63) is 56.4 Å². The van der Waals surface area contributed by atoms with E-state index in [-0.39, 0.29) is 5.24 Å². The molecule has 1 heterocycles. The lowest BCUT2D eigenvalue weighted by Crippen LogP contribution is -2.27. The van der Waals surface area contributed by atoms with Gasteiger partial charge in [-0.2, -0.15) is 0 Å². The second-order valence-electron chi connectivity index (χ2n) is 5.46. The maximum atomic E-state index is 12.7. The normalized spacial score (nSPS) is 15.6. The Morgan fingerprint density at radius 2 is 2.04 bits per heavy atom. The summed E-state index contributed by atoms with van der Waals surface area (Å²) in [7, 11) is 1.54. The third-order valence-electron chi connectivity index (χ3n) is 3.70. The van der Waals surface area contributed by atoms with Crippen LogP contribution in [0.2, 0.25) is 5.02 Å². The molecule has 5 nitrogen and oxygen atoms in total. The molecule has 2 amide bonds. The molecule has 0 aliphatic carbocycles. The summed E-state index contributed by atoms with van der Waals surface area (Å²) in [6, 6.07) is 10.2. The predicted molar refractivity (Wildman–Crippen MR) is 112 cm³/mol. The van der Waals surface area contributed by atoms with Gasteiger partial charge in [-0.25, -0.2) is 4.90 Å². The van der Waals surface area contributed by atoms with Crippen LogP contribution in [0.15, 0.2) is 45.8 Å². The van der Waals surface area contributed by atoms with Crippen LogP contribution >= 0.6 is 39.3 Å². The van der Waals surface area contributed by atoms with Crippen LogP contribution in [-0.2, 0) is 4.79 Å². The largest absolute Gasteiger partial charge is 0.493 e. The number of ether oxygens (including phenoxy) is 2. The molecule has 1 saturated heterocycles. The second-order valence-corrected chi connectivity index (χ2v) is 7.75. The third kappa shape index (κ3) is 4.15. The van der Waals surface area contributed by atoms with Gasteiger partial charge < -0.3 is 9.47 Å². The maximum Gasteiger partial charge on any atom is 0.298 e. The van der Waals surface area contributed by atoms with Crippen LogP contribution < -0.4 is 14.4 Å². The van der Waals surface area contributed by atoms with Crippen molar-refractivity contribution in [2.24, 2.45) is 0 Å². The van der Waals surface area contributed by atoms with E-state index in [1.54, 1.807) is 49.6 Å². The number of anilines is 1. The molecule has 1 aliphatic heterocycles. The number of amides is 2. The Labute approximate surface area is 174 Å². The highest BCUT2D eigenvalue weighted by Crippen LogP contribution is 2.40. The molecular weight excluding hydrogens is 454 g/mol. The minimum atomic E-state index is -0.392. The molecule has 0 spiro atoms. The first-order valence-corrected chi connectivity index (χ1v) is 9.97. The van der Waals surface area contributed by atoms with Crippen LogP contribution in [0.1, 0.15) is 12.5 Å². The van der Waals surface area contributed by atoms with E-state index in [9.17, 15) is 9.59 Å². The molecule has 0 radical (unpaired) electrons. The third-order valence-corrected chi connectivity index (χ3v) is 5.39. The molecule has 1 aliphatic rings. The summed E-state index contributed by atoms with van der Waals surface area (Å²) in [4.78, 5) is 26.5. The van der Waals surface area contributed by atoms with Gasteiger partial charge in [-0.15, -0.1) is 0 Å². The van der Waals surface area contributed by atoms with E-state index in [4.69, 9.17) is 21.1 Å². The number of hydrogen-bond acceptors (Lipinski definition) is 5. The van der Waals surface area contributed by atoms with Crippen molar-refractivity contribution in [2.75, 3.05) is 18.6 Å². The molecule has 0 atom stereocenters. The van der Waals surface area contributed by atoms with Crippen LogP contribution in [0.5, 0.6) is 11.5 Å². The van der Waals surface area contributed by atoms with Gasteiger partial charge in [-0.3, -0.25) is 9.59 Å². The number of halogens is 2. The molecule has 140 valence electrons. The molecule has 0 N–H and O–H groups in total. The molecule has 0 bridgehead atoms. The maximum absolute atomic E-state index is 12.7. The van der Waals surface area contributed by atoms with E-state index < -0.39 is 5.91 Å². The highest BCUT2D eigenvalue weighted by molar-refractivity contribution is 9.10. The minimum Gasteiger partial charge on any atom is -0.493 e. The number of thioether (sulfide) groups is 1. The zero-order valence-electron chi connectivity index (χ0n) is 14.5. The lowest BCUT2D eigenvalue weighted by molar-refractivity contribution is -0.113. The standard InChI is InChI=1S/C19H15BrClNO4S/c1-3-26-17-14(20)7-11(8-15(17)25-2)9-16-18(23)22(19(24)27-16)13-6-4-5-12(21)10-13/h4-10H,3H2,1-2H3. The fraction of sp³-hybridized carbons (Fsp3) is 0.158. The highest BCUT2D eigenvalue weighted by atomic mass is 79.9. The SMILES string of the molecule is CCOc1c(Br)cc(C=C2SC(=O)N(c3cccc(Cl)c3)C2=O)cc1OC. The number of benzene rings is 2. The molecule has 27 heavy (non-hydrogen) atoms. The van der Waals surface area contributed by atoms with E-state index in [0.717, 1.165) is 16.7 Å². The first kappa shape index (κ1) is 19.8. The average Bonchev–Trinajstić information content (AvgIpc) is 2.90. The molecular formula is C19H15BrClNO4S. The van der Waals surface area contributed by atoms with Crippen molar-refractivity contribution in [3.63, 3.8) is 0 Å². The molecule has 1 fully saturated rings. The summed E-state index contributed by atoms with van der Waals surface area (Å²) in [6.45, 7) is 2.37. The van der Waals surface area contributed by atoms with Crippen LogP contribution in [0.3, 0.4) is 0 Å². The Balaban J connectivity index is 1.95. The monoisotopic (exact) mass is 467 g/mol. The fourth-order valence-corrected chi connectivity index (χ4v) is 4.16. The number of carbonyl (C=O) groups is 2. The Hall–Kier alpha value is -1.96. The van der Waals surface area contributed by atoms with Gasteiger partial charge in [0.2, 0.25) is 0 Å². The predicted octanol–water partition coefficient (Wildman–Crippen LogP) is 5.75. The van der Waals surface area contributed by atoms with E-state index in [1.165, 1.54) is 0 Å². The van der Waals surface area contributed by atoms with E-state index >= 15 is 0 Å². The number of methoxy groups -OCH3 is 1. The molecule has 0 unspecified atom stereocenters.